The van der Waals surface area contributed by atoms with Crippen molar-refractivity contribution in [3.8, 4) is 5.88 Å². The molecule has 0 aliphatic carbocycles. The minimum absolute atomic E-state index is 0.0397. The number of aromatic nitrogens is 1. The van der Waals surface area contributed by atoms with Crippen LogP contribution < -0.4 is 4.74 Å². The molecule has 1 aromatic heterocycles. The Morgan fingerprint density at radius 3 is 2.70 bits per heavy atom. The number of amides is 1. The average molecular weight is 298 g/mol. The SMILES string of the molecule is COc1cc(C(=O)N(C)C2CCN(C)CC2)cc(Cl)n1. The van der Waals surface area contributed by atoms with Crippen molar-refractivity contribution in [3.63, 3.8) is 0 Å². The van der Waals surface area contributed by atoms with E-state index >= 15 is 0 Å². The Kier molecular flexibility index (Phi) is 4.83. The van der Waals surface area contributed by atoms with Crippen LogP contribution >= 0.6 is 11.6 Å². The molecule has 1 saturated heterocycles. The van der Waals surface area contributed by atoms with Gasteiger partial charge in [-0.05, 0) is 39.0 Å². The summed E-state index contributed by atoms with van der Waals surface area (Å²) in [7, 11) is 5.46. The molecular formula is C14H20ClN3O2. The fraction of sp³-hybridized carbons (Fsp3) is 0.571. The number of methoxy groups -OCH3 is 1. The van der Waals surface area contributed by atoms with Crippen LogP contribution in [0.25, 0.3) is 0 Å². The number of hydrogen-bond acceptors (Lipinski definition) is 4. The molecule has 0 radical (unpaired) electrons. The average Bonchev–Trinajstić information content (AvgIpc) is 2.45. The number of pyridine rings is 1. The zero-order valence-electron chi connectivity index (χ0n) is 12.1. The molecule has 1 amide bonds. The van der Waals surface area contributed by atoms with Gasteiger partial charge in [-0.2, -0.15) is 0 Å². The zero-order valence-corrected chi connectivity index (χ0v) is 12.9. The molecule has 2 heterocycles. The second kappa shape index (κ2) is 6.41. The lowest BCUT2D eigenvalue weighted by Gasteiger charge is -2.35. The third-order valence-corrected chi connectivity index (χ3v) is 3.98. The van der Waals surface area contributed by atoms with Gasteiger partial charge in [0.2, 0.25) is 5.88 Å². The molecule has 0 bridgehead atoms. The number of likely N-dealkylation sites (tertiary alicyclic amines) is 1. The maximum Gasteiger partial charge on any atom is 0.254 e. The summed E-state index contributed by atoms with van der Waals surface area (Å²) >= 11 is 5.91. The molecular weight excluding hydrogens is 278 g/mol. The van der Waals surface area contributed by atoms with Crippen LogP contribution in [-0.4, -0.2) is 61.0 Å². The van der Waals surface area contributed by atoms with Gasteiger partial charge in [-0.3, -0.25) is 4.79 Å². The van der Waals surface area contributed by atoms with Crippen molar-refractivity contribution < 1.29 is 9.53 Å². The molecule has 2 rings (SSSR count). The fourth-order valence-electron chi connectivity index (χ4n) is 2.45. The summed E-state index contributed by atoms with van der Waals surface area (Å²) in [5.74, 6) is 0.319. The van der Waals surface area contributed by atoms with E-state index in [0.29, 0.717) is 11.4 Å². The van der Waals surface area contributed by atoms with Gasteiger partial charge in [0.1, 0.15) is 5.15 Å². The van der Waals surface area contributed by atoms with Crippen LogP contribution in [0.2, 0.25) is 5.15 Å². The van der Waals surface area contributed by atoms with Gasteiger partial charge in [0.25, 0.3) is 5.91 Å². The first-order valence-corrected chi connectivity index (χ1v) is 7.06. The van der Waals surface area contributed by atoms with Gasteiger partial charge in [0, 0.05) is 24.7 Å². The van der Waals surface area contributed by atoms with Crippen LogP contribution in [0, 0.1) is 0 Å². The van der Waals surface area contributed by atoms with Crippen molar-refractivity contribution in [1.82, 2.24) is 14.8 Å². The quantitative estimate of drug-likeness (QED) is 0.800. The van der Waals surface area contributed by atoms with E-state index < -0.39 is 0 Å². The van der Waals surface area contributed by atoms with E-state index in [0.717, 1.165) is 25.9 Å². The Balaban J connectivity index is 2.12. The van der Waals surface area contributed by atoms with Crippen molar-refractivity contribution in [2.24, 2.45) is 0 Å². The topological polar surface area (TPSA) is 45.7 Å². The number of piperidine rings is 1. The van der Waals surface area contributed by atoms with Gasteiger partial charge in [0.05, 0.1) is 7.11 Å². The predicted molar refractivity (Wildman–Crippen MR) is 78.4 cm³/mol. The van der Waals surface area contributed by atoms with Gasteiger partial charge in [-0.1, -0.05) is 11.6 Å². The summed E-state index contributed by atoms with van der Waals surface area (Å²) < 4.78 is 5.05. The van der Waals surface area contributed by atoms with Crippen LogP contribution in [0.3, 0.4) is 0 Å². The van der Waals surface area contributed by atoms with Crippen LogP contribution in [0.5, 0.6) is 5.88 Å². The third kappa shape index (κ3) is 3.41. The van der Waals surface area contributed by atoms with Crippen LogP contribution in [0.1, 0.15) is 23.2 Å². The van der Waals surface area contributed by atoms with E-state index in [9.17, 15) is 4.79 Å². The van der Waals surface area contributed by atoms with Gasteiger partial charge in [-0.15, -0.1) is 0 Å². The van der Waals surface area contributed by atoms with Gasteiger partial charge in [-0.25, -0.2) is 4.98 Å². The maximum atomic E-state index is 12.5. The van der Waals surface area contributed by atoms with Crippen LogP contribution in [0.15, 0.2) is 12.1 Å². The smallest absolute Gasteiger partial charge is 0.254 e. The highest BCUT2D eigenvalue weighted by molar-refractivity contribution is 6.29. The molecule has 1 fully saturated rings. The van der Waals surface area contributed by atoms with Crippen molar-refractivity contribution in [1.29, 1.82) is 0 Å². The first-order chi connectivity index (χ1) is 9.51. The maximum absolute atomic E-state index is 12.5. The monoisotopic (exact) mass is 297 g/mol. The number of nitrogens with zero attached hydrogens (tertiary/aromatic N) is 3. The number of halogens is 1. The Hall–Kier alpha value is -1.33. The second-order valence-electron chi connectivity index (χ2n) is 5.17. The molecule has 0 spiro atoms. The Morgan fingerprint density at radius 2 is 2.10 bits per heavy atom. The largest absolute Gasteiger partial charge is 0.481 e. The molecule has 20 heavy (non-hydrogen) atoms. The molecule has 0 saturated carbocycles. The molecule has 5 nitrogen and oxygen atoms in total. The molecule has 1 aromatic rings. The first kappa shape index (κ1) is 15.1. The molecule has 0 N–H and O–H groups in total. The number of rotatable bonds is 3. The molecule has 1 aliphatic heterocycles. The lowest BCUT2D eigenvalue weighted by Crippen LogP contribution is -2.44. The van der Waals surface area contributed by atoms with Crippen molar-refractivity contribution in [2.45, 2.75) is 18.9 Å². The minimum Gasteiger partial charge on any atom is -0.481 e. The third-order valence-electron chi connectivity index (χ3n) is 3.78. The van der Waals surface area contributed by atoms with Gasteiger partial charge < -0.3 is 14.5 Å². The highest BCUT2D eigenvalue weighted by Crippen LogP contribution is 2.20. The number of hydrogen-bond donors (Lipinski definition) is 0. The van der Waals surface area contributed by atoms with E-state index in [1.165, 1.54) is 7.11 Å². The van der Waals surface area contributed by atoms with E-state index in [-0.39, 0.29) is 17.1 Å². The first-order valence-electron chi connectivity index (χ1n) is 6.68. The number of ether oxygens (including phenoxy) is 1. The number of carbonyl (C=O) groups excluding carboxylic acids is 1. The summed E-state index contributed by atoms with van der Waals surface area (Å²) in [5.41, 5.74) is 0.517. The lowest BCUT2D eigenvalue weighted by atomic mass is 10.0. The standard InChI is InChI=1S/C14H20ClN3O2/c1-17-6-4-11(5-7-17)18(2)14(19)10-8-12(15)16-13(9-10)20-3/h8-9,11H,4-7H2,1-3H3. The second-order valence-corrected chi connectivity index (χ2v) is 5.56. The Labute approximate surface area is 124 Å². The van der Waals surface area contributed by atoms with Crippen LogP contribution in [-0.2, 0) is 0 Å². The van der Waals surface area contributed by atoms with Crippen LogP contribution in [0.4, 0.5) is 0 Å². The van der Waals surface area contributed by atoms with E-state index in [2.05, 4.69) is 16.9 Å². The van der Waals surface area contributed by atoms with E-state index in [4.69, 9.17) is 16.3 Å². The van der Waals surface area contributed by atoms with Crippen molar-refractivity contribution >= 4 is 17.5 Å². The normalized spacial score (nSPS) is 17.0. The molecule has 1 aliphatic rings. The molecule has 6 heteroatoms. The molecule has 0 atom stereocenters. The molecule has 0 aromatic carbocycles. The zero-order chi connectivity index (χ0) is 14.7. The van der Waals surface area contributed by atoms with Gasteiger partial charge >= 0.3 is 0 Å². The predicted octanol–water partition coefficient (Wildman–Crippen LogP) is 1.91. The molecule has 110 valence electrons. The van der Waals surface area contributed by atoms with Crippen molar-refractivity contribution in [3.05, 3.63) is 22.8 Å². The lowest BCUT2D eigenvalue weighted by molar-refractivity contribution is 0.0659. The van der Waals surface area contributed by atoms with E-state index in [1.807, 2.05) is 7.05 Å². The Morgan fingerprint density at radius 1 is 1.45 bits per heavy atom. The summed E-state index contributed by atoms with van der Waals surface area (Å²) in [6, 6.07) is 3.48. The summed E-state index contributed by atoms with van der Waals surface area (Å²) in [6.07, 6.45) is 1.99. The fourth-order valence-corrected chi connectivity index (χ4v) is 2.65. The van der Waals surface area contributed by atoms with Crippen molar-refractivity contribution in [2.75, 3.05) is 34.3 Å². The number of carbonyl (C=O) groups is 1. The van der Waals surface area contributed by atoms with E-state index in [1.54, 1.807) is 17.0 Å². The Bertz CT molecular complexity index is 487. The molecule has 0 unspecified atom stereocenters. The summed E-state index contributed by atoms with van der Waals surface area (Å²) in [5, 5.41) is 0.268. The van der Waals surface area contributed by atoms with Gasteiger partial charge in [0.15, 0.2) is 0 Å². The highest BCUT2D eigenvalue weighted by atomic mass is 35.5. The highest BCUT2D eigenvalue weighted by Gasteiger charge is 2.25. The minimum atomic E-state index is -0.0397. The summed E-state index contributed by atoms with van der Waals surface area (Å²) in [6.45, 7) is 2.03. The summed E-state index contributed by atoms with van der Waals surface area (Å²) in [4.78, 5) is 20.6.